The summed E-state index contributed by atoms with van der Waals surface area (Å²) in [5.74, 6) is 1.52. The van der Waals surface area contributed by atoms with Crippen molar-refractivity contribution < 1.29 is 4.42 Å². The van der Waals surface area contributed by atoms with Gasteiger partial charge in [-0.1, -0.05) is 182 Å². The largest absolute Gasteiger partial charge is 0.455 e. The van der Waals surface area contributed by atoms with Crippen LogP contribution >= 0.6 is 0 Å². The highest BCUT2D eigenvalue weighted by Gasteiger charge is 2.22. The van der Waals surface area contributed by atoms with Gasteiger partial charge in [0.25, 0.3) is 0 Å². The molecule has 0 amide bonds. The number of benzene rings is 10. The predicted molar refractivity (Wildman–Crippen MR) is 254 cm³/mol. The van der Waals surface area contributed by atoms with Crippen molar-refractivity contribution in [3.63, 3.8) is 0 Å². The number of hydrogen-bond acceptors (Lipinski definition) is 4. The molecule has 286 valence electrons. The van der Waals surface area contributed by atoms with Gasteiger partial charge in [0.05, 0.1) is 0 Å². The molecule has 1 aliphatic heterocycles. The molecule has 0 radical (unpaired) electrons. The first kappa shape index (κ1) is 34.9. The second-order valence-corrected chi connectivity index (χ2v) is 15.8. The molecule has 1 atom stereocenters. The maximum Gasteiger partial charge on any atom is 0.159 e. The van der Waals surface area contributed by atoms with Crippen LogP contribution < -0.4 is 5.32 Å². The second kappa shape index (κ2) is 14.3. The normalized spacial score (nSPS) is 14.1. The van der Waals surface area contributed by atoms with Crippen LogP contribution in [0.1, 0.15) is 22.9 Å². The minimum atomic E-state index is -0.302. The Balaban J connectivity index is 0.934. The highest BCUT2D eigenvalue weighted by Crippen LogP contribution is 2.44. The summed E-state index contributed by atoms with van der Waals surface area (Å²) in [6.07, 6.45) is -0.302. The van der Waals surface area contributed by atoms with Gasteiger partial charge >= 0.3 is 0 Å². The van der Waals surface area contributed by atoms with Crippen molar-refractivity contribution in [2.24, 2.45) is 9.98 Å². The first-order valence-electron chi connectivity index (χ1n) is 20.7. The monoisotopic (exact) mass is 779 g/mol. The summed E-state index contributed by atoms with van der Waals surface area (Å²) in [6, 6.07) is 75.4. The Hall–Kier alpha value is -8.08. The van der Waals surface area contributed by atoms with E-state index in [1.54, 1.807) is 0 Å². The van der Waals surface area contributed by atoms with Crippen LogP contribution in [0.25, 0.3) is 87.6 Å². The lowest BCUT2D eigenvalue weighted by Gasteiger charge is -2.24. The van der Waals surface area contributed by atoms with Gasteiger partial charge in [0.1, 0.15) is 23.2 Å². The summed E-state index contributed by atoms with van der Waals surface area (Å²) in [4.78, 5) is 10.1. The van der Waals surface area contributed by atoms with Crippen LogP contribution in [0, 0.1) is 0 Å². The minimum absolute atomic E-state index is 0.302. The van der Waals surface area contributed by atoms with Crippen molar-refractivity contribution in [2.45, 2.75) is 6.17 Å². The highest BCUT2D eigenvalue weighted by molar-refractivity contribution is 6.22. The molecule has 0 bridgehead atoms. The average Bonchev–Trinajstić information content (AvgIpc) is 3.73. The number of nitrogens with one attached hydrogen (secondary N) is 1. The lowest BCUT2D eigenvalue weighted by atomic mass is 9.92. The number of amidine groups is 2. The minimum Gasteiger partial charge on any atom is -0.455 e. The van der Waals surface area contributed by atoms with Crippen molar-refractivity contribution in [1.82, 2.24) is 5.32 Å². The van der Waals surface area contributed by atoms with E-state index in [0.29, 0.717) is 5.84 Å². The molecule has 2 heterocycles. The fourth-order valence-corrected chi connectivity index (χ4v) is 9.01. The van der Waals surface area contributed by atoms with Gasteiger partial charge in [-0.3, -0.25) is 0 Å². The van der Waals surface area contributed by atoms with Gasteiger partial charge < -0.3 is 9.73 Å². The quantitative estimate of drug-likeness (QED) is 0.183. The third kappa shape index (κ3) is 6.16. The summed E-state index contributed by atoms with van der Waals surface area (Å²) in [7, 11) is 0. The Morgan fingerprint density at radius 3 is 1.74 bits per heavy atom. The lowest BCUT2D eigenvalue weighted by Crippen LogP contribution is -2.33. The van der Waals surface area contributed by atoms with Crippen molar-refractivity contribution in [1.29, 1.82) is 0 Å². The first-order valence-corrected chi connectivity index (χ1v) is 20.7. The van der Waals surface area contributed by atoms with Gasteiger partial charge in [-0.05, 0) is 96.2 Å². The van der Waals surface area contributed by atoms with E-state index in [-0.39, 0.29) is 6.17 Å². The van der Waals surface area contributed by atoms with Crippen molar-refractivity contribution in [2.75, 3.05) is 0 Å². The molecule has 1 aliphatic rings. The number of rotatable bonds is 6. The van der Waals surface area contributed by atoms with E-state index >= 15 is 0 Å². The fraction of sp³-hybridized carbons (Fsp3) is 0.0175. The van der Waals surface area contributed by atoms with E-state index in [1.165, 1.54) is 32.7 Å². The molecule has 12 rings (SSSR count). The van der Waals surface area contributed by atoms with Crippen molar-refractivity contribution in [3.05, 3.63) is 229 Å². The summed E-state index contributed by atoms with van der Waals surface area (Å²) >= 11 is 0. The zero-order valence-electron chi connectivity index (χ0n) is 33.1. The molecule has 0 saturated heterocycles. The third-order valence-electron chi connectivity index (χ3n) is 12.1. The zero-order chi connectivity index (χ0) is 40.3. The SMILES string of the molecule is c1ccc(C2=NC(c3ccc(-c4cc5c(oc6cccc(-c7ccc8cc(-c9ccc%10ccccc%10c9)ccc8c7)c65)c5ccccc45)cc3)NC(c3ccccc3)=N2)cc1. The van der Waals surface area contributed by atoms with E-state index in [2.05, 4.69) is 181 Å². The number of aliphatic imine (C=N–C) groups is 2. The zero-order valence-corrected chi connectivity index (χ0v) is 33.1. The van der Waals surface area contributed by atoms with Gasteiger partial charge in [0.2, 0.25) is 0 Å². The van der Waals surface area contributed by atoms with Crippen LogP contribution in [0.2, 0.25) is 0 Å². The van der Waals surface area contributed by atoms with Gasteiger partial charge in [0, 0.05) is 27.3 Å². The molecule has 1 N–H and O–H groups in total. The Morgan fingerprint density at radius 2 is 0.984 bits per heavy atom. The number of nitrogens with zero attached hydrogens (tertiary/aromatic N) is 2. The van der Waals surface area contributed by atoms with E-state index < -0.39 is 0 Å². The molecular formula is C57H37N3O. The number of hydrogen-bond donors (Lipinski definition) is 1. The Kier molecular flexibility index (Phi) is 8.20. The number of furan rings is 1. The second-order valence-electron chi connectivity index (χ2n) is 15.8. The van der Waals surface area contributed by atoms with Gasteiger partial charge in [0.15, 0.2) is 5.84 Å². The molecule has 1 aromatic heterocycles. The first-order chi connectivity index (χ1) is 30.2. The molecule has 61 heavy (non-hydrogen) atoms. The average molecular weight is 780 g/mol. The van der Waals surface area contributed by atoms with Gasteiger partial charge in [-0.25, -0.2) is 9.98 Å². The molecule has 0 saturated carbocycles. The molecule has 4 nitrogen and oxygen atoms in total. The molecule has 0 aliphatic carbocycles. The third-order valence-corrected chi connectivity index (χ3v) is 12.1. The summed E-state index contributed by atoms with van der Waals surface area (Å²) in [6.45, 7) is 0. The fourth-order valence-electron chi connectivity index (χ4n) is 9.01. The van der Waals surface area contributed by atoms with E-state index in [9.17, 15) is 0 Å². The molecule has 10 aromatic carbocycles. The standard InChI is InChI=1S/C57H37N3O/c1-3-13-38(14-4-1)55-58-56(39-15-5-2-6-16-39)60-57(59-55)40-25-23-37(24-26-40)50-35-51-53-47(20-11-21-52(53)61-54(51)49-19-10-9-18-48(49)50)46-31-30-44-33-43(28-29-45(44)34-46)42-27-22-36-12-7-8-17-41(36)32-42/h1-35,57H,(H,58,59,60). The topological polar surface area (TPSA) is 49.9 Å². The number of fused-ring (bicyclic) bond motifs is 7. The van der Waals surface area contributed by atoms with Crippen LogP contribution in [0.4, 0.5) is 0 Å². The Bertz CT molecular complexity index is 3550. The molecular weight excluding hydrogens is 743 g/mol. The van der Waals surface area contributed by atoms with E-state index in [4.69, 9.17) is 14.4 Å². The van der Waals surface area contributed by atoms with Crippen LogP contribution in [-0.2, 0) is 0 Å². The maximum atomic E-state index is 6.76. The summed E-state index contributed by atoms with van der Waals surface area (Å²) < 4.78 is 6.76. The Labute approximate surface area is 352 Å². The van der Waals surface area contributed by atoms with Crippen molar-refractivity contribution >= 4 is 65.9 Å². The van der Waals surface area contributed by atoms with E-state index in [1.807, 2.05) is 36.4 Å². The van der Waals surface area contributed by atoms with E-state index in [0.717, 1.165) is 77.5 Å². The van der Waals surface area contributed by atoms with Crippen molar-refractivity contribution in [3.8, 4) is 33.4 Å². The van der Waals surface area contributed by atoms with Gasteiger partial charge in [-0.2, -0.15) is 0 Å². The lowest BCUT2D eigenvalue weighted by molar-refractivity contribution is 0.673. The molecule has 11 aromatic rings. The molecule has 1 unspecified atom stereocenters. The maximum absolute atomic E-state index is 6.76. The smallest absolute Gasteiger partial charge is 0.159 e. The van der Waals surface area contributed by atoms with Crippen LogP contribution in [0.3, 0.4) is 0 Å². The van der Waals surface area contributed by atoms with Crippen LogP contribution in [0.5, 0.6) is 0 Å². The summed E-state index contributed by atoms with van der Waals surface area (Å²) in [5, 5.41) is 13.0. The summed E-state index contributed by atoms with van der Waals surface area (Å²) in [5.41, 5.74) is 11.9. The highest BCUT2D eigenvalue weighted by atomic mass is 16.3. The molecule has 4 heteroatoms. The molecule has 0 fully saturated rings. The van der Waals surface area contributed by atoms with Crippen LogP contribution in [-0.4, -0.2) is 11.7 Å². The Morgan fingerprint density at radius 1 is 0.393 bits per heavy atom. The van der Waals surface area contributed by atoms with Gasteiger partial charge in [-0.15, -0.1) is 0 Å². The predicted octanol–water partition coefficient (Wildman–Crippen LogP) is 14.5. The molecule has 0 spiro atoms. The van der Waals surface area contributed by atoms with Crippen LogP contribution in [0.15, 0.2) is 227 Å².